The number of aromatic nitrogens is 2. The summed E-state index contributed by atoms with van der Waals surface area (Å²) >= 11 is 12.5. The van der Waals surface area contributed by atoms with Crippen LogP contribution < -0.4 is 11.1 Å². The Kier molecular flexibility index (Phi) is 7.43. The maximum atomic E-state index is 12.8. The minimum Gasteiger partial charge on any atom is -0.364 e. The minimum absolute atomic E-state index is 0.0390. The van der Waals surface area contributed by atoms with Gasteiger partial charge in [-0.3, -0.25) is 14.5 Å². The summed E-state index contributed by atoms with van der Waals surface area (Å²) < 4.78 is 39.1. The minimum atomic E-state index is -4.26. The Balaban J connectivity index is 1.46. The highest BCUT2D eigenvalue weighted by Gasteiger charge is 2.33. The van der Waals surface area contributed by atoms with Gasteiger partial charge in [0, 0.05) is 37.4 Å². The van der Waals surface area contributed by atoms with Crippen LogP contribution in [0.1, 0.15) is 20.8 Å². The first kappa shape index (κ1) is 25.8. The van der Waals surface area contributed by atoms with Crippen LogP contribution in [0.5, 0.6) is 0 Å². The zero-order chi connectivity index (χ0) is 26.0. The fourth-order valence-electron chi connectivity index (χ4n) is 3.87. The number of anilines is 2. The summed E-state index contributed by atoms with van der Waals surface area (Å²) in [6.07, 6.45) is -2.74. The smallest absolute Gasteiger partial charge is 0.364 e. The molecule has 0 spiro atoms. The highest BCUT2D eigenvalue weighted by atomic mass is 35.5. The van der Waals surface area contributed by atoms with Crippen molar-refractivity contribution >= 4 is 46.4 Å². The molecule has 0 atom stereocenters. The molecule has 0 aliphatic carbocycles. The van der Waals surface area contributed by atoms with E-state index in [2.05, 4.69) is 10.4 Å². The Bertz CT molecular complexity index is 1250. The molecule has 0 saturated carbocycles. The van der Waals surface area contributed by atoms with Gasteiger partial charge in [-0.15, -0.1) is 0 Å². The van der Waals surface area contributed by atoms with Crippen molar-refractivity contribution in [2.45, 2.75) is 6.18 Å². The van der Waals surface area contributed by atoms with Gasteiger partial charge in [-0.25, -0.2) is 4.68 Å². The summed E-state index contributed by atoms with van der Waals surface area (Å²) in [6.45, 7) is -0.260. The third-order valence-electron chi connectivity index (χ3n) is 5.59. The Morgan fingerprint density at radius 3 is 2.17 bits per heavy atom. The van der Waals surface area contributed by atoms with Crippen LogP contribution in [-0.4, -0.2) is 70.3 Å². The largest absolute Gasteiger partial charge is 0.401 e. The molecule has 4 rings (SSSR count). The molecule has 0 unspecified atom stereocenters. The number of primary amides is 1. The van der Waals surface area contributed by atoms with E-state index in [0.717, 1.165) is 0 Å². The molecule has 2 heterocycles. The van der Waals surface area contributed by atoms with Crippen LogP contribution in [0, 0.1) is 0 Å². The van der Waals surface area contributed by atoms with Crippen molar-refractivity contribution in [3.05, 3.63) is 70.0 Å². The van der Waals surface area contributed by atoms with E-state index in [0.29, 0.717) is 32.7 Å². The predicted octanol–water partition coefficient (Wildman–Crippen LogP) is 4.34. The van der Waals surface area contributed by atoms with Gasteiger partial charge in [0.05, 0.1) is 28.5 Å². The summed E-state index contributed by atoms with van der Waals surface area (Å²) in [5, 5.41) is 7.91. The number of nitrogens with two attached hydrogens (primary N) is 1. The molecular formula is C23H21Cl2F3N6O2. The van der Waals surface area contributed by atoms with E-state index in [1.54, 1.807) is 42.5 Å². The quantitative estimate of drug-likeness (QED) is 0.484. The third-order valence-corrected chi connectivity index (χ3v) is 6.20. The summed E-state index contributed by atoms with van der Waals surface area (Å²) in [5.74, 6) is -1.04. The molecule has 36 heavy (non-hydrogen) atoms. The lowest BCUT2D eigenvalue weighted by atomic mass is 10.1. The second-order valence-electron chi connectivity index (χ2n) is 8.16. The molecule has 1 saturated heterocycles. The zero-order valence-corrected chi connectivity index (χ0v) is 20.2. The Hall–Kier alpha value is -3.28. The van der Waals surface area contributed by atoms with E-state index in [4.69, 9.17) is 28.9 Å². The first-order chi connectivity index (χ1) is 17.0. The number of carbonyl (C=O) groups excluding carboxylic acids is 2. The first-order valence-corrected chi connectivity index (χ1v) is 11.6. The van der Waals surface area contributed by atoms with Gasteiger partial charge in [0.25, 0.3) is 11.8 Å². The lowest BCUT2D eigenvalue weighted by Gasteiger charge is -2.35. The molecule has 8 nitrogen and oxygen atoms in total. The average Bonchev–Trinajstić information content (AvgIpc) is 3.22. The van der Waals surface area contributed by atoms with E-state index < -0.39 is 18.6 Å². The van der Waals surface area contributed by atoms with Crippen molar-refractivity contribution in [3.8, 4) is 5.69 Å². The fraction of sp³-hybridized carbons (Fsp3) is 0.261. The topological polar surface area (TPSA) is 96.5 Å². The standard InChI is InChI=1S/C23H21Cl2F3N6O2/c24-16-2-1-3-17(25)20(16)34-12-18(19(31-34)21(29)35)30-15-6-4-14(5-7-15)22(36)33-10-8-32(9-11-33)13-23(26,27)28/h1-7,12,30H,8-11,13H2,(H2,29,35). The second-order valence-corrected chi connectivity index (χ2v) is 8.97. The normalized spacial score (nSPS) is 14.6. The number of hydrogen-bond donors (Lipinski definition) is 2. The maximum Gasteiger partial charge on any atom is 0.401 e. The molecule has 13 heteroatoms. The van der Waals surface area contributed by atoms with Crippen LogP contribution in [0.25, 0.3) is 5.69 Å². The van der Waals surface area contributed by atoms with Gasteiger partial charge in [-0.05, 0) is 36.4 Å². The Labute approximate surface area is 214 Å². The Morgan fingerprint density at radius 2 is 1.61 bits per heavy atom. The number of alkyl halides is 3. The molecule has 2 amide bonds. The van der Waals surface area contributed by atoms with E-state index in [1.165, 1.54) is 20.7 Å². The van der Waals surface area contributed by atoms with E-state index in [1.807, 2.05) is 0 Å². The molecule has 0 bridgehead atoms. The molecule has 1 aromatic heterocycles. The number of amides is 2. The average molecular weight is 541 g/mol. The molecule has 1 fully saturated rings. The number of nitrogens with zero attached hydrogens (tertiary/aromatic N) is 4. The fourth-order valence-corrected chi connectivity index (χ4v) is 4.44. The number of nitrogens with one attached hydrogen (secondary N) is 1. The van der Waals surface area contributed by atoms with Crippen molar-refractivity contribution in [2.75, 3.05) is 38.0 Å². The molecule has 1 aliphatic heterocycles. The summed E-state index contributed by atoms with van der Waals surface area (Å²) in [7, 11) is 0. The van der Waals surface area contributed by atoms with E-state index in [9.17, 15) is 22.8 Å². The highest BCUT2D eigenvalue weighted by molar-refractivity contribution is 6.37. The number of rotatable bonds is 6. The van der Waals surface area contributed by atoms with Gasteiger partial charge >= 0.3 is 6.18 Å². The van der Waals surface area contributed by atoms with Crippen LogP contribution in [0.2, 0.25) is 10.0 Å². The number of piperazine rings is 1. The number of halogens is 5. The van der Waals surface area contributed by atoms with Crippen molar-refractivity contribution in [1.29, 1.82) is 0 Å². The molecule has 3 aromatic rings. The van der Waals surface area contributed by atoms with Crippen molar-refractivity contribution in [2.24, 2.45) is 5.73 Å². The number of carbonyl (C=O) groups is 2. The molecular weight excluding hydrogens is 520 g/mol. The van der Waals surface area contributed by atoms with Gasteiger partial charge in [0.15, 0.2) is 5.69 Å². The second kappa shape index (κ2) is 10.4. The van der Waals surface area contributed by atoms with Crippen LogP contribution in [0.15, 0.2) is 48.7 Å². The molecule has 1 aliphatic rings. The molecule has 190 valence electrons. The van der Waals surface area contributed by atoms with Crippen molar-refractivity contribution in [1.82, 2.24) is 19.6 Å². The SMILES string of the molecule is NC(=O)c1nn(-c2c(Cl)cccc2Cl)cc1Nc1ccc(C(=O)N2CCN(CC(F)(F)F)CC2)cc1. The lowest BCUT2D eigenvalue weighted by Crippen LogP contribution is -2.50. The number of para-hydroxylation sites is 1. The van der Waals surface area contributed by atoms with Gasteiger partial charge < -0.3 is 16.0 Å². The number of hydrogen-bond acceptors (Lipinski definition) is 5. The van der Waals surface area contributed by atoms with Gasteiger partial charge in [-0.2, -0.15) is 18.3 Å². The first-order valence-electron chi connectivity index (χ1n) is 10.8. The monoisotopic (exact) mass is 540 g/mol. The van der Waals surface area contributed by atoms with Crippen molar-refractivity contribution in [3.63, 3.8) is 0 Å². The van der Waals surface area contributed by atoms with Crippen LogP contribution >= 0.6 is 23.2 Å². The van der Waals surface area contributed by atoms with E-state index in [-0.39, 0.29) is 37.8 Å². The Morgan fingerprint density at radius 1 is 1.00 bits per heavy atom. The van der Waals surface area contributed by atoms with Crippen LogP contribution in [0.3, 0.4) is 0 Å². The lowest BCUT2D eigenvalue weighted by molar-refractivity contribution is -0.148. The molecule has 3 N–H and O–H groups in total. The summed E-state index contributed by atoms with van der Waals surface area (Å²) in [6, 6.07) is 11.4. The van der Waals surface area contributed by atoms with Crippen molar-refractivity contribution < 1.29 is 22.8 Å². The maximum absolute atomic E-state index is 12.8. The van der Waals surface area contributed by atoms with Gasteiger partial charge in [0.2, 0.25) is 0 Å². The zero-order valence-electron chi connectivity index (χ0n) is 18.7. The van der Waals surface area contributed by atoms with Crippen LogP contribution in [-0.2, 0) is 0 Å². The summed E-state index contributed by atoms with van der Waals surface area (Å²) in [5.41, 5.74) is 7.07. The third kappa shape index (κ3) is 5.92. The highest BCUT2D eigenvalue weighted by Crippen LogP contribution is 2.30. The predicted molar refractivity (Wildman–Crippen MR) is 130 cm³/mol. The molecule has 0 radical (unpaired) electrons. The number of benzene rings is 2. The van der Waals surface area contributed by atoms with Gasteiger partial charge in [-0.1, -0.05) is 29.3 Å². The molecule has 2 aromatic carbocycles. The van der Waals surface area contributed by atoms with Gasteiger partial charge in [0.1, 0.15) is 5.69 Å². The summed E-state index contributed by atoms with van der Waals surface area (Å²) in [4.78, 5) is 27.6. The van der Waals surface area contributed by atoms with Crippen LogP contribution in [0.4, 0.5) is 24.5 Å². The van der Waals surface area contributed by atoms with E-state index >= 15 is 0 Å².